The standard InChI is InChI=1S/C39H47N9/c1-46(2)25-10-11-35-30(15-25)32-13-24(20-41-38(32)44-35)22-48(4)27-17-31-33-14-23(19-42-39(33)45-36(31)18-27)21-47(3)26-7-5-9-34-29(16-26)28-8-6-12-40-37(28)43-34/h6,8,12-14,19-20,25-27H,5,7,9-11,15-18,21-22H2,1-4H3,(H,40,43)(H,41,44)(H,42,45)/t25-,26+,27+/m1/s1. The molecule has 0 amide bonds. The van der Waals surface area contributed by atoms with Gasteiger partial charge in [0.05, 0.1) is 0 Å². The molecule has 6 heterocycles. The van der Waals surface area contributed by atoms with E-state index in [-0.39, 0.29) is 0 Å². The highest BCUT2D eigenvalue weighted by Gasteiger charge is 2.30. The number of hydrogen-bond acceptors (Lipinski definition) is 6. The highest BCUT2D eigenvalue weighted by molar-refractivity contribution is 5.84. The Morgan fingerprint density at radius 2 is 1.21 bits per heavy atom. The van der Waals surface area contributed by atoms with Gasteiger partial charge in [-0.25, -0.2) is 15.0 Å². The summed E-state index contributed by atoms with van der Waals surface area (Å²) in [5, 5.41) is 3.91. The lowest BCUT2D eigenvalue weighted by Crippen LogP contribution is -2.33. The molecule has 6 aromatic heterocycles. The van der Waals surface area contributed by atoms with E-state index in [1.807, 2.05) is 6.20 Å². The van der Waals surface area contributed by atoms with Gasteiger partial charge in [0.2, 0.25) is 0 Å². The summed E-state index contributed by atoms with van der Waals surface area (Å²) in [5.74, 6) is 0. The van der Waals surface area contributed by atoms with Crippen LogP contribution in [-0.2, 0) is 51.6 Å². The Hall–Kier alpha value is -4.05. The molecule has 9 rings (SSSR count). The number of aryl methyl sites for hydroxylation is 2. The third kappa shape index (κ3) is 5.23. The van der Waals surface area contributed by atoms with E-state index in [1.165, 1.54) is 80.3 Å². The monoisotopic (exact) mass is 641 g/mol. The average Bonchev–Trinajstić information content (AvgIpc) is 3.81. The van der Waals surface area contributed by atoms with Crippen molar-refractivity contribution in [3.63, 3.8) is 0 Å². The maximum atomic E-state index is 4.92. The Morgan fingerprint density at radius 1 is 0.625 bits per heavy atom. The van der Waals surface area contributed by atoms with Crippen LogP contribution in [-0.4, -0.2) is 90.9 Å². The molecule has 248 valence electrons. The molecular weight excluding hydrogens is 594 g/mol. The average molecular weight is 642 g/mol. The van der Waals surface area contributed by atoms with Crippen molar-refractivity contribution < 1.29 is 0 Å². The predicted molar refractivity (Wildman–Crippen MR) is 192 cm³/mol. The third-order valence-electron chi connectivity index (χ3n) is 11.9. The molecule has 9 nitrogen and oxygen atoms in total. The number of nitrogens with zero attached hydrogens (tertiary/aromatic N) is 6. The van der Waals surface area contributed by atoms with Crippen LogP contribution in [0.3, 0.4) is 0 Å². The molecule has 6 aromatic rings. The minimum atomic E-state index is 0.460. The summed E-state index contributed by atoms with van der Waals surface area (Å²) in [7, 11) is 8.97. The van der Waals surface area contributed by atoms with E-state index >= 15 is 0 Å². The van der Waals surface area contributed by atoms with Gasteiger partial charge in [0.1, 0.15) is 16.9 Å². The Labute approximate surface area is 282 Å². The third-order valence-corrected chi connectivity index (χ3v) is 11.9. The first-order valence-corrected chi connectivity index (χ1v) is 17.9. The molecule has 3 atom stereocenters. The van der Waals surface area contributed by atoms with Crippen LogP contribution in [0.4, 0.5) is 0 Å². The molecule has 0 saturated heterocycles. The molecule has 0 aromatic carbocycles. The van der Waals surface area contributed by atoms with E-state index in [0.29, 0.717) is 18.1 Å². The number of likely N-dealkylation sites (N-methyl/N-ethyl adjacent to an activating group) is 3. The first-order valence-electron chi connectivity index (χ1n) is 17.9. The minimum absolute atomic E-state index is 0.460. The van der Waals surface area contributed by atoms with E-state index in [4.69, 9.17) is 9.97 Å². The molecule has 48 heavy (non-hydrogen) atoms. The lowest BCUT2D eigenvalue weighted by Gasteiger charge is -2.28. The van der Waals surface area contributed by atoms with Crippen molar-refractivity contribution in [1.82, 2.24) is 44.6 Å². The van der Waals surface area contributed by atoms with Crippen molar-refractivity contribution in [2.75, 3.05) is 28.2 Å². The fraction of sp³-hybridized carbons (Fsp3) is 0.462. The molecule has 0 bridgehead atoms. The summed E-state index contributed by atoms with van der Waals surface area (Å²) in [6, 6.07) is 10.6. The van der Waals surface area contributed by atoms with Crippen molar-refractivity contribution >= 4 is 33.1 Å². The molecule has 3 aliphatic carbocycles. The zero-order valence-electron chi connectivity index (χ0n) is 28.7. The molecule has 3 N–H and O–H groups in total. The van der Waals surface area contributed by atoms with Gasteiger partial charge in [0.15, 0.2) is 0 Å². The first-order chi connectivity index (χ1) is 23.4. The highest BCUT2D eigenvalue weighted by atomic mass is 15.1. The van der Waals surface area contributed by atoms with Crippen LogP contribution in [0.5, 0.6) is 0 Å². The number of fused-ring (bicyclic) bond motifs is 9. The second kappa shape index (κ2) is 11.8. The Bertz CT molecular complexity index is 2130. The van der Waals surface area contributed by atoms with Crippen molar-refractivity contribution in [2.24, 2.45) is 0 Å². The van der Waals surface area contributed by atoms with Crippen LogP contribution in [0.25, 0.3) is 33.1 Å². The highest BCUT2D eigenvalue weighted by Crippen LogP contribution is 2.34. The quantitative estimate of drug-likeness (QED) is 0.193. The van der Waals surface area contributed by atoms with Gasteiger partial charge >= 0.3 is 0 Å². The molecule has 0 fully saturated rings. The molecule has 0 spiro atoms. The van der Waals surface area contributed by atoms with E-state index in [9.17, 15) is 0 Å². The Morgan fingerprint density at radius 3 is 1.94 bits per heavy atom. The molecular formula is C39H47N9. The van der Waals surface area contributed by atoms with Gasteiger partial charge < -0.3 is 19.9 Å². The van der Waals surface area contributed by atoms with Crippen LogP contribution in [0.2, 0.25) is 0 Å². The molecule has 9 heteroatoms. The number of hydrogen-bond donors (Lipinski definition) is 3. The summed E-state index contributed by atoms with van der Waals surface area (Å²) in [4.78, 5) is 32.7. The fourth-order valence-corrected chi connectivity index (χ4v) is 9.05. The number of H-pyrrole nitrogens is 3. The van der Waals surface area contributed by atoms with Gasteiger partial charge in [-0.3, -0.25) is 9.80 Å². The van der Waals surface area contributed by atoms with E-state index in [1.54, 1.807) is 0 Å². The summed E-state index contributed by atoms with van der Waals surface area (Å²) < 4.78 is 0. The van der Waals surface area contributed by atoms with Gasteiger partial charge in [0, 0.05) is 89.5 Å². The summed E-state index contributed by atoms with van der Waals surface area (Å²) in [6.45, 7) is 1.80. The van der Waals surface area contributed by atoms with Crippen molar-refractivity contribution in [2.45, 2.75) is 89.0 Å². The lowest BCUT2D eigenvalue weighted by molar-refractivity contribution is 0.220. The largest absolute Gasteiger partial charge is 0.343 e. The normalized spacial score (nSPS) is 21.1. The van der Waals surface area contributed by atoms with Crippen LogP contribution >= 0.6 is 0 Å². The van der Waals surface area contributed by atoms with Gasteiger partial charge in [-0.05, 0) is 132 Å². The first kappa shape index (κ1) is 30.0. The van der Waals surface area contributed by atoms with Gasteiger partial charge in [-0.2, -0.15) is 0 Å². The second-order valence-electron chi connectivity index (χ2n) is 15.1. The van der Waals surface area contributed by atoms with Gasteiger partial charge in [-0.1, -0.05) is 0 Å². The topological polar surface area (TPSA) is 95.8 Å². The lowest BCUT2D eigenvalue weighted by atomic mass is 9.91. The molecule has 0 saturated carbocycles. The molecule has 0 unspecified atom stereocenters. The number of aromatic amines is 3. The van der Waals surface area contributed by atoms with E-state index in [0.717, 1.165) is 68.6 Å². The van der Waals surface area contributed by atoms with Gasteiger partial charge in [-0.15, -0.1) is 0 Å². The molecule has 3 aliphatic rings. The van der Waals surface area contributed by atoms with E-state index in [2.05, 4.69) is 99.5 Å². The van der Waals surface area contributed by atoms with Crippen LogP contribution in [0.1, 0.15) is 64.2 Å². The van der Waals surface area contributed by atoms with Crippen LogP contribution in [0.15, 0.2) is 42.9 Å². The van der Waals surface area contributed by atoms with Crippen LogP contribution < -0.4 is 0 Å². The minimum Gasteiger partial charge on any atom is -0.343 e. The predicted octanol–water partition coefficient (Wildman–Crippen LogP) is 5.71. The van der Waals surface area contributed by atoms with Crippen molar-refractivity contribution in [3.05, 3.63) is 87.8 Å². The maximum Gasteiger partial charge on any atom is 0.137 e. The Kier molecular flexibility index (Phi) is 7.40. The zero-order valence-corrected chi connectivity index (χ0v) is 28.7. The smallest absolute Gasteiger partial charge is 0.137 e. The van der Waals surface area contributed by atoms with Crippen molar-refractivity contribution in [1.29, 1.82) is 0 Å². The van der Waals surface area contributed by atoms with E-state index < -0.39 is 0 Å². The van der Waals surface area contributed by atoms with Crippen molar-refractivity contribution in [3.8, 4) is 0 Å². The van der Waals surface area contributed by atoms with Gasteiger partial charge in [0.25, 0.3) is 0 Å². The number of pyridine rings is 3. The molecule has 0 radical (unpaired) electrons. The summed E-state index contributed by atoms with van der Waals surface area (Å²) in [5.41, 5.74) is 14.2. The SMILES string of the molecule is CN(C)[C@@H]1CCc2[nH]c3ncc(CN(C)[C@@H]4Cc5[nH]c6ncc(CN(C)[C@H]7CCCc8[nH]c9ncccc9c8C7)cc6c5C4)cc3c2C1. The Balaban J connectivity index is 0.891. The number of rotatable bonds is 7. The number of aromatic nitrogens is 6. The second-order valence-corrected chi connectivity index (χ2v) is 15.1. The fourth-order valence-electron chi connectivity index (χ4n) is 9.05. The summed E-state index contributed by atoms with van der Waals surface area (Å²) >= 11 is 0. The van der Waals surface area contributed by atoms with Crippen LogP contribution in [0, 0.1) is 0 Å². The molecule has 0 aliphatic heterocycles. The maximum absolute atomic E-state index is 4.92. The zero-order chi connectivity index (χ0) is 32.5. The summed E-state index contributed by atoms with van der Waals surface area (Å²) in [6.07, 6.45) is 16.1. The number of nitrogens with one attached hydrogen (secondary N) is 3.